The molecule has 8 heteroatoms. The van der Waals surface area contributed by atoms with Gasteiger partial charge in [0.2, 0.25) is 0 Å². The SMILES string of the molecule is Cn1ccc(C(=O)NC2CCC(Nc3cccc4nc(C(F)F)cn34)CC2)c1. The van der Waals surface area contributed by atoms with E-state index in [1.54, 1.807) is 10.5 Å². The summed E-state index contributed by atoms with van der Waals surface area (Å²) in [6, 6.07) is 7.58. The number of anilines is 1. The lowest BCUT2D eigenvalue weighted by Crippen LogP contribution is -2.40. The van der Waals surface area contributed by atoms with E-state index in [4.69, 9.17) is 0 Å². The number of hydrogen-bond acceptors (Lipinski definition) is 3. The molecule has 1 aliphatic carbocycles. The lowest BCUT2D eigenvalue weighted by Gasteiger charge is -2.30. The number of hydrogen-bond donors (Lipinski definition) is 2. The molecule has 0 spiro atoms. The fraction of sp³-hybridized carbons (Fsp3) is 0.400. The van der Waals surface area contributed by atoms with Crippen LogP contribution in [0.15, 0.2) is 42.9 Å². The second kappa shape index (κ2) is 7.61. The van der Waals surface area contributed by atoms with E-state index < -0.39 is 6.43 Å². The van der Waals surface area contributed by atoms with Crippen LogP contribution < -0.4 is 10.6 Å². The number of amides is 1. The average molecular weight is 387 g/mol. The summed E-state index contributed by atoms with van der Waals surface area (Å²) in [5.74, 6) is 0.716. The highest BCUT2D eigenvalue weighted by atomic mass is 19.3. The summed E-state index contributed by atoms with van der Waals surface area (Å²) >= 11 is 0. The number of aryl methyl sites for hydroxylation is 1. The Morgan fingerprint density at radius 2 is 1.89 bits per heavy atom. The molecule has 148 valence electrons. The molecule has 0 atom stereocenters. The maximum atomic E-state index is 12.9. The number of alkyl halides is 2. The average Bonchev–Trinajstić information content (AvgIpc) is 3.30. The van der Waals surface area contributed by atoms with Crippen molar-refractivity contribution in [2.45, 2.75) is 44.2 Å². The summed E-state index contributed by atoms with van der Waals surface area (Å²) < 4.78 is 29.4. The third-order valence-corrected chi connectivity index (χ3v) is 5.24. The highest BCUT2D eigenvalue weighted by Crippen LogP contribution is 2.25. The van der Waals surface area contributed by atoms with Crippen molar-refractivity contribution in [2.24, 2.45) is 7.05 Å². The lowest BCUT2D eigenvalue weighted by molar-refractivity contribution is 0.0926. The molecule has 0 aromatic carbocycles. The van der Waals surface area contributed by atoms with Gasteiger partial charge in [-0.15, -0.1) is 0 Å². The molecule has 3 aromatic heterocycles. The van der Waals surface area contributed by atoms with Crippen LogP contribution in [-0.2, 0) is 7.05 Å². The van der Waals surface area contributed by atoms with Crippen molar-refractivity contribution in [1.82, 2.24) is 19.3 Å². The second-order valence-electron chi connectivity index (χ2n) is 7.34. The van der Waals surface area contributed by atoms with Gasteiger partial charge in [-0.05, 0) is 43.9 Å². The highest BCUT2D eigenvalue weighted by Gasteiger charge is 2.23. The first-order chi connectivity index (χ1) is 13.5. The van der Waals surface area contributed by atoms with Crippen LogP contribution in [0, 0.1) is 0 Å². The fourth-order valence-corrected chi connectivity index (χ4v) is 3.75. The molecular weight excluding hydrogens is 364 g/mol. The molecule has 0 unspecified atom stereocenters. The van der Waals surface area contributed by atoms with Crippen LogP contribution in [0.3, 0.4) is 0 Å². The summed E-state index contributed by atoms with van der Waals surface area (Å²) in [5, 5.41) is 6.55. The first kappa shape index (κ1) is 18.5. The summed E-state index contributed by atoms with van der Waals surface area (Å²) in [6.45, 7) is 0. The van der Waals surface area contributed by atoms with E-state index in [1.807, 2.05) is 42.2 Å². The molecule has 1 amide bonds. The number of rotatable bonds is 5. The number of pyridine rings is 1. The van der Waals surface area contributed by atoms with Crippen LogP contribution in [0.4, 0.5) is 14.6 Å². The lowest BCUT2D eigenvalue weighted by atomic mass is 9.91. The maximum Gasteiger partial charge on any atom is 0.281 e. The summed E-state index contributed by atoms with van der Waals surface area (Å²) in [6.07, 6.45) is 5.99. The van der Waals surface area contributed by atoms with Gasteiger partial charge in [-0.3, -0.25) is 9.20 Å². The molecule has 0 aliphatic heterocycles. The van der Waals surface area contributed by atoms with E-state index in [0.717, 1.165) is 31.5 Å². The Hall–Kier alpha value is -2.90. The zero-order valence-corrected chi connectivity index (χ0v) is 15.6. The van der Waals surface area contributed by atoms with Gasteiger partial charge < -0.3 is 15.2 Å². The van der Waals surface area contributed by atoms with Gasteiger partial charge in [0.15, 0.2) is 0 Å². The Morgan fingerprint density at radius 1 is 1.14 bits per heavy atom. The minimum absolute atomic E-state index is 0.0419. The second-order valence-corrected chi connectivity index (χ2v) is 7.34. The third-order valence-electron chi connectivity index (χ3n) is 5.24. The molecular formula is C20H23F2N5O. The predicted molar refractivity (Wildman–Crippen MR) is 103 cm³/mol. The molecule has 6 nitrogen and oxygen atoms in total. The maximum absolute atomic E-state index is 12.9. The molecule has 2 N–H and O–H groups in total. The van der Waals surface area contributed by atoms with E-state index in [0.29, 0.717) is 11.2 Å². The topological polar surface area (TPSA) is 63.4 Å². The standard InChI is InChI=1S/C20H23F2N5O/c1-26-10-9-13(11-26)20(28)24-15-7-5-14(6-8-15)23-17-3-2-4-18-25-16(19(21)22)12-27(17)18/h2-4,9-12,14-15,19,23H,5-8H2,1H3,(H,24,28). The van der Waals surface area contributed by atoms with Crippen molar-refractivity contribution in [3.8, 4) is 0 Å². The molecule has 1 aliphatic rings. The normalized spacial score (nSPS) is 19.9. The van der Waals surface area contributed by atoms with Crippen LogP contribution in [-0.4, -0.2) is 31.9 Å². The van der Waals surface area contributed by atoms with Crippen LogP contribution in [0.25, 0.3) is 5.65 Å². The van der Waals surface area contributed by atoms with E-state index in [9.17, 15) is 13.6 Å². The minimum atomic E-state index is -2.59. The van der Waals surface area contributed by atoms with Crippen molar-refractivity contribution in [1.29, 1.82) is 0 Å². The largest absolute Gasteiger partial charge is 0.368 e. The minimum Gasteiger partial charge on any atom is -0.368 e. The van der Waals surface area contributed by atoms with Gasteiger partial charge >= 0.3 is 0 Å². The Balaban J connectivity index is 1.36. The number of carbonyl (C=O) groups is 1. The van der Waals surface area contributed by atoms with Crippen LogP contribution >= 0.6 is 0 Å². The molecule has 1 saturated carbocycles. The predicted octanol–water partition coefficient (Wildman–Crippen LogP) is 3.76. The molecule has 3 aromatic rings. The number of carbonyl (C=O) groups excluding carboxylic acids is 1. The van der Waals surface area contributed by atoms with Crippen molar-refractivity contribution < 1.29 is 13.6 Å². The number of aromatic nitrogens is 3. The third kappa shape index (κ3) is 3.85. The zero-order chi connectivity index (χ0) is 19.7. The molecule has 1 fully saturated rings. The molecule has 3 heterocycles. The summed E-state index contributed by atoms with van der Waals surface area (Å²) in [5.41, 5.74) is 0.954. The van der Waals surface area contributed by atoms with Gasteiger partial charge in [-0.2, -0.15) is 0 Å². The van der Waals surface area contributed by atoms with Gasteiger partial charge in [-0.1, -0.05) is 6.07 Å². The molecule has 28 heavy (non-hydrogen) atoms. The van der Waals surface area contributed by atoms with Gasteiger partial charge in [0.05, 0.1) is 5.56 Å². The first-order valence-electron chi connectivity index (χ1n) is 9.45. The van der Waals surface area contributed by atoms with Crippen molar-refractivity contribution in [3.05, 3.63) is 54.1 Å². The van der Waals surface area contributed by atoms with E-state index in [2.05, 4.69) is 15.6 Å². The van der Waals surface area contributed by atoms with Gasteiger partial charge in [0.25, 0.3) is 12.3 Å². The van der Waals surface area contributed by atoms with Gasteiger partial charge in [0.1, 0.15) is 17.2 Å². The molecule has 0 saturated heterocycles. The zero-order valence-electron chi connectivity index (χ0n) is 15.6. The number of imidazole rings is 1. The summed E-state index contributed by atoms with van der Waals surface area (Å²) in [4.78, 5) is 16.3. The molecule has 4 rings (SSSR count). The number of fused-ring (bicyclic) bond motifs is 1. The van der Waals surface area contributed by atoms with Crippen molar-refractivity contribution in [2.75, 3.05) is 5.32 Å². The van der Waals surface area contributed by atoms with Crippen molar-refractivity contribution >= 4 is 17.4 Å². The van der Waals surface area contributed by atoms with Crippen LogP contribution in [0.5, 0.6) is 0 Å². The fourth-order valence-electron chi connectivity index (χ4n) is 3.75. The smallest absolute Gasteiger partial charge is 0.281 e. The number of nitrogens with one attached hydrogen (secondary N) is 2. The first-order valence-corrected chi connectivity index (χ1v) is 9.45. The van der Waals surface area contributed by atoms with Gasteiger partial charge in [-0.25, -0.2) is 13.8 Å². The Morgan fingerprint density at radius 3 is 2.57 bits per heavy atom. The quantitative estimate of drug-likeness (QED) is 0.701. The highest BCUT2D eigenvalue weighted by molar-refractivity contribution is 5.94. The van der Waals surface area contributed by atoms with Gasteiger partial charge in [0, 0.05) is 37.7 Å². The Bertz CT molecular complexity index is 972. The molecule has 0 radical (unpaired) electrons. The molecule has 0 bridgehead atoms. The Kier molecular flexibility index (Phi) is 5.02. The summed E-state index contributed by atoms with van der Waals surface area (Å²) in [7, 11) is 1.89. The van der Waals surface area contributed by atoms with Crippen LogP contribution in [0.1, 0.15) is 48.2 Å². The van der Waals surface area contributed by atoms with E-state index in [1.165, 1.54) is 6.20 Å². The van der Waals surface area contributed by atoms with E-state index >= 15 is 0 Å². The van der Waals surface area contributed by atoms with E-state index in [-0.39, 0.29) is 23.7 Å². The number of nitrogens with zero attached hydrogens (tertiary/aromatic N) is 3. The monoisotopic (exact) mass is 387 g/mol. The Labute approximate surface area is 161 Å². The number of halogens is 2. The van der Waals surface area contributed by atoms with Crippen molar-refractivity contribution in [3.63, 3.8) is 0 Å². The van der Waals surface area contributed by atoms with Crippen LogP contribution in [0.2, 0.25) is 0 Å².